The van der Waals surface area contributed by atoms with Crippen LogP contribution in [0.1, 0.15) is 35.5 Å². The van der Waals surface area contributed by atoms with Gasteiger partial charge in [-0.1, -0.05) is 43.3 Å². The van der Waals surface area contributed by atoms with E-state index in [1.807, 2.05) is 6.07 Å². The standard InChI is InChI=1S/C30H33N5O7/c1-17-26(37)21(15-20-10-6-12-31-16-20)33-28(39)24(35-29(40)25-23(36)11-7-13-32-25)18(2)42-30(41)22(34-27(17)38)14-19-8-4-3-5-9-19/h3-13,16-18,21-22,24,26,36-37H,14-15H2,1-2H3,(H,33,39)(H,34,38)(H,35,40)/t17-,18-,21+,22?,24+,26+/m1/s1. The Morgan fingerprint density at radius 1 is 0.929 bits per heavy atom. The molecule has 1 aliphatic rings. The minimum Gasteiger partial charge on any atom is -0.505 e. The normalized spacial score (nSPS) is 25.2. The third kappa shape index (κ3) is 7.46. The van der Waals surface area contributed by atoms with Gasteiger partial charge in [-0.15, -0.1) is 0 Å². The van der Waals surface area contributed by atoms with E-state index in [-0.39, 0.29) is 18.5 Å². The fraction of sp³-hybridized carbons (Fsp3) is 0.333. The van der Waals surface area contributed by atoms with Crippen LogP contribution in [0.5, 0.6) is 5.75 Å². The number of ether oxygens (including phenoxy) is 1. The topological polar surface area (TPSA) is 180 Å². The van der Waals surface area contributed by atoms with Crippen molar-refractivity contribution >= 4 is 23.7 Å². The lowest BCUT2D eigenvalue weighted by molar-refractivity contribution is -0.156. The number of nitrogens with zero attached hydrogens (tertiary/aromatic N) is 2. The number of carbonyl (C=O) groups is 4. The summed E-state index contributed by atoms with van der Waals surface area (Å²) < 4.78 is 5.64. The van der Waals surface area contributed by atoms with Gasteiger partial charge in [-0.25, -0.2) is 9.78 Å². The van der Waals surface area contributed by atoms with Gasteiger partial charge in [-0.05, 0) is 42.7 Å². The second-order valence-corrected chi connectivity index (χ2v) is 10.2. The maximum atomic E-state index is 13.7. The van der Waals surface area contributed by atoms with Gasteiger partial charge in [0.25, 0.3) is 5.91 Å². The maximum absolute atomic E-state index is 13.7. The van der Waals surface area contributed by atoms with Gasteiger partial charge in [0.1, 0.15) is 23.9 Å². The molecule has 1 aliphatic heterocycles. The van der Waals surface area contributed by atoms with E-state index >= 15 is 0 Å². The first-order chi connectivity index (χ1) is 20.1. The summed E-state index contributed by atoms with van der Waals surface area (Å²) in [6.07, 6.45) is 2.05. The van der Waals surface area contributed by atoms with Gasteiger partial charge < -0.3 is 30.9 Å². The summed E-state index contributed by atoms with van der Waals surface area (Å²) in [7, 11) is 0. The number of aliphatic hydroxyl groups excluding tert-OH is 1. The van der Waals surface area contributed by atoms with Crippen molar-refractivity contribution in [1.29, 1.82) is 0 Å². The molecule has 0 aliphatic carbocycles. The highest BCUT2D eigenvalue weighted by atomic mass is 16.5. The molecule has 12 nitrogen and oxygen atoms in total. The fourth-order valence-corrected chi connectivity index (χ4v) is 4.66. The zero-order valence-corrected chi connectivity index (χ0v) is 23.1. The van der Waals surface area contributed by atoms with Crippen molar-refractivity contribution in [2.24, 2.45) is 5.92 Å². The molecule has 0 radical (unpaired) electrons. The van der Waals surface area contributed by atoms with Crippen LogP contribution in [0.15, 0.2) is 73.2 Å². The van der Waals surface area contributed by atoms with E-state index in [4.69, 9.17) is 4.74 Å². The average Bonchev–Trinajstić information content (AvgIpc) is 2.99. The Labute approximate surface area is 242 Å². The number of hydrogen-bond acceptors (Lipinski definition) is 9. The first-order valence-electron chi connectivity index (χ1n) is 13.5. The second-order valence-electron chi connectivity index (χ2n) is 10.2. The van der Waals surface area contributed by atoms with Crippen LogP contribution in [0.25, 0.3) is 0 Å². The first kappa shape index (κ1) is 30.1. The number of aromatic hydroxyl groups is 1. The highest BCUT2D eigenvalue weighted by Crippen LogP contribution is 2.18. The van der Waals surface area contributed by atoms with E-state index in [9.17, 15) is 29.4 Å². The Bertz CT molecular complexity index is 1410. The Kier molecular flexibility index (Phi) is 9.81. The molecule has 0 bridgehead atoms. The van der Waals surface area contributed by atoms with Crippen molar-refractivity contribution in [3.8, 4) is 5.75 Å². The van der Waals surface area contributed by atoms with Crippen molar-refractivity contribution < 1.29 is 34.1 Å². The molecule has 1 fully saturated rings. The van der Waals surface area contributed by atoms with Crippen molar-refractivity contribution in [2.45, 2.75) is 57.0 Å². The third-order valence-electron chi connectivity index (χ3n) is 7.07. The highest BCUT2D eigenvalue weighted by Gasteiger charge is 2.39. The molecule has 220 valence electrons. The molecule has 1 saturated heterocycles. The monoisotopic (exact) mass is 575 g/mol. The molecule has 3 amide bonds. The Hall–Kier alpha value is -4.84. The van der Waals surface area contributed by atoms with Gasteiger partial charge in [-0.3, -0.25) is 19.4 Å². The largest absolute Gasteiger partial charge is 0.505 e. The Balaban J connectivity index is 1.69. The van der Waals surface area contributed by atoms with Crippen LogP contribution in [0, 0.1) is 5.92 Å². The van der Waals surface area contributed by atoms with E-state index < -0.39 is 65.7 Å². The number of esters is 1. The molecule has 0 saturated carbocycles. The molecular weight excluding hydrogens is 542 g/mol. The summed E-state index contributed by atoms with van der Waals surface area (Å²) in [5.74, 6) is -4.54. The minimum atomic E-state index is -1.45. The first-order valence-corrected chi connectivity index (χ1v) is 13.5. The number of aliphatic hydroxyl groups is 1. The zero-order valence-electron chi connectivity index (χ0n) is 23.1. The smallest absolute Gasteiger partial charge is 0.329 e. The van der Waals surface area contributed by atoms with Gasteiger partial charge in [-0.2, -0.15) is 0 Å². The number of amides is 3. The van der Waals surface area contributed by atoms with Gasteiger partial charge in [0, 0.05) is 25.0 Å². The molecule has 12 heteroatoms. The molecule has 42 heavy (non-hydrogen) atoms. The minimum absolute atomic E-state index is 0.0884. The molecule has 2 aromatic heterocycles. The molecule has 5 N–H and O–H groups in total. The van der Waals surface area contributed by atoms with Crippen LogP contribution < -0.4 is 16.0 Å². The number of aromatic nitrogens is 2. The van der Waals surface area contributed by atoms with Crippen LogP contribution in [0.3, 0.4) is 0 Å². The van der Waals surface area contributed by atoms with Crippen molar-refractivity contribution in [3.05, 3.63) is 90.0 Å². The van der Waals surface area contributed by atoms with Crippen LogP contribution in [0.2, 0.25) is 0 Å². The predicted octanol–water partition coefficient (Wildman–Crippen LogP) is 0.678. The van der Waals surface area contributed by atoms with Crippen LogP contribution in [-0.2, 0) is 32.0 Å². The van der Waals surface area contributed by atoms with Gasteiger partial charge in [0.05, 0.1) is 18.1 Å². The lowest BCUT2D eigenvalue weighted by Crippen LogP contribution is -2.60. The number of nitrogens with one attached hydrogen (secondary N) is 3. The number of benzene rings is 1. The summed E-state index contributed by atoms with van der Waals surface area (Å²) in [5.41, 5.74) is 1.10. The molecule has 0 spiro atoms. The molecule has 3 aromatic rings. The van der Waals surface area contributed by atoms with Crippen LogP contribution in [-0.4, -0.2) is 74.2 Å². The number of rotatable bonds is 6. The zero-order chi connectivity index (χ0) is 30.2. The predicted molar refractivity (Wildman–Crippen MR) is 150 cm³/mol. The summed E-state index contributed by atoms with van der Waals surface area (Å²) in [6.45, 7) is 2.91. The number of pyridine rings is 2. The quantitative estimate of drug-likeness (QED) is 0.264. The van der Waals surface area contributed by atoms with Crippen LogP contribution in [0.4, 0.5) is 0 Å². The molecule has 1 unspecified atom stereocenters. The van der Waals surface area contributed by atoms with E-state index in [0.29, 0.717) is 5.56 Å². The summed E-state index contributed by atoms with van der Waals surface area (Å²) in [5, 5.41) is 29.3. The van der Waals surface area contributed by atoms with Crippen molar-refractivity contribution in [3.63, 3.8) is 0 Å². The number of hydrogen-bond donors (Lipinski definition) is 5. The van der Waals surface area contributed by atoms with Crippen LogP contribution >= 0.6 is 0 Å². The maximum Gasteiger partial charge on any atom is 0.329 e. The third-order valence-corrected chi connectivity index (χ3v) is 7.07. The lowest BCUT2D eigenvalue weighted by Gasteiger charge is -2.33. The average molecular weight is 576 g/mol. The summed E-state index contributed by atoms with van der Waals surface area (Å²) in [4.78, 5) is 61.3. The van der Waals surface area contributed by atoms with Crippen molar-refractivity contribution in [1.82, 2.24) is 25.9 Å². The van der Waals surface area contributed by atoms with Gasteiger partial charge >= 0.3 is 5.97 Å². The Morgan fingerprint density at radius 2 is 1.64 bits per heavy atom. The highest BCUT2D eigenvalue weighted by molar-refractivity contribution is 5.98. The van der Waals surface area contributed by atoms with Crippen molar-refractivity contribution in [2.75, 3.05) is 0 Å². The van der Waals surface area contributed by atoms with E-state index in [0.717, 1.165) is 5.56 Å². The van der Waals surface area contributed by atoms with E-state index in [1.54, 1.807) is 48.8 Å². The van der Waals surface area contributed by atoms with E-state index in [1.165, 1.54) is 32.2 Å². The van der Waals surface area contributed by atoms with Gasteiger partial charge in [0.15, 0.2) is 5.69 Å². The fourth-order valence-electron chi connectivity index (χ4n) is 4.66. The lowest BCUT2D eigenvalue weighted by atomic mass is 9.91. The summed E-state index contributed by atoms with van der Waals surface area (Å²) >= 11 is 0. The van der Waals surface area contributed by atoms with Gasteiger partial charge in [0.2, 0.25) is 11.8 Å². The molecule has 1 aromatic carbocycles. The number of carbonyl (C=O) groups excluding carboxylic acids is 4. The molecular formula is C30H33N5O7. The molecule has 4 rings (SSSR count). The SMILES string of the molecule is C[C@H]1OC(=O)C(Cc2ccccc2)NC(=O)[C@H](C)[C@H](O)[C@H](Cc2cccnc2)NC(=O)[C@H]1NC(=O)c1ncccc1O. The Morgan fingerprint density at radius 3 is 2.33 bits per heavy atom. The summed E-state index contributed by atoms with van der Waals surface area (Å²) in [6, 6.07) is 11.6. The second kappa shape index (κ2) is 13.7. The molecule has 6 atom stereocenters. The number of cyclic esters (lactones) is 1. The van der Waals surface area contributed by atoms with E-state index in [2.05, 4.69) is 25.9 Å². The molecule has 3 heterocycles.